The molecule has 1 unspecified atom stereocenters. The summed E-state index contributed by atoms with van der Waals surface area (Å²) in [6.07, 6.45) is 2.15. The molecule has 0 radical (unpaired) electrons. The number of likely N-dealkylation sites (N-methyl/N-ethyl adjacent to an activating group) is 1. The van der Waals surface area contributed by atoms with E-state index in [1.807, 2.05) is 38.9 Å². The van der Waals surface area contributed by atoms with Crippen molar-refractivity contribution in [3.05, 3.63) is 94.7 Å². The SMILES string of the molecule is Cc1ccc(S(=O)(=O)n2ncc3c(C)c(CC(CN4C(=O)c5ccccc5C4=O)N(C)C)ccc32)cc1. The Bertz CT molecular complexity index is 1600. The summed E-state index contributed by atoms with van der Waals surface area (Å²) in [5.41, 5.74) is 4.26. The summed E-state index contributed by atoms with van der Waals surface area (Å²) >= 11 is 0. The average Bonchev–Trinajstić information content (AvgIpc) is 3.42. The molecule has 5 rings (SSSR count). The Morgan fingerprint density at radius 3 is 2.11 bits per heavy atom. The Balaban J connectivity index is 1.44. The number of imide groups is 1. The molecule has 2 heterocycles. The van der Waals surface area contributed by atoms with Crippen molar-refractivity contribution in [3.8, 4) is 0 Å². The average molecular weight is 517 g/mol. The molecule has 1 aliphatic heterocycles. The topological polar surface area (TPSA) is 92.6 Å². The number of benzene rings is 3. The van der Waals surface area contributed by atoms with Gasteiger partial charge in [0.1, 0.15) is 0 Å². The van der Waals surface area contributed by atoms with Crippen molar-refractivity contribution in [2.45, 2.75) is 31.2 Å². The summed E-state index contributed by atoms with van der Waals surface area (Å²) in [6, 6.07) is 17.1. The van der Waals surface area contributed by atoms with Gasteiger partial charge < -0.3 is 4.90 Å². The zero-order chi connectivity index (χ0) is 26.5. The van der Waals surface area contributed by atoms with Gasteiger partial charge in [0.2, 0.25) is 0 Å². The second-order valence-electron chi connectivity index (χ2n) is 9.68. The highest BCUT2D eigenvalue weighted by Crippen LogP contribution is 2.28. The minimum atomic E-state index is -3.84. The van der Waals surface area contributed by atoms with Crippen molar-refractivity contribution in [1.82, 2.24) is 19.0 Å². The molecule has 0 bridgehead atoms. The van der Waals surface area contributed by atoms with Gasteiger partial charge in [-0.25, -0.2) is 0 Å². The van der Waals surface area contributed by atoms with Gasteiger partial charge in [-0.15, -0.1) is 0 Å². The first-order valence-corrected chi connectivity index (χ1v) is 13.4. The predicted octanol–water partition coefficient (Wildman–Crippen LogP) is 3.66. The van der Waals surface area contributed by atoms with Crippen molar-refractivity contribution in [1.29, 1.82) is 0 Å². The number of carbonyl (C=O) groups is 2. The molecule has 0 aliphatic carbocycles. The van der Waals surface area contributed by atoms with E-state index in [4.69, 9.17) is 0 Å². The number of nitrogens with zero attached hydrogens (tertiary/aromatic N) is 4. The molecule has 1 atom stereocenters. The zero-order valence-corrected chi connectivity index (χ0v) is 22.0. The van der Waals surface area contributed by atoms with Crippen LogP contribution in [0.25, 0.3) is 10.9 Å². The third-order valence-corrected chi connectivity index (χ3v) is 8.72. The molecule has 0 saturated heterocycles. The van der Waals surface area contributed by atoms with Gasteiger partial charge in [0.25, 0.3) is 21.8 Å². The lowest BCUT2D eigenvalue weighted by molar-refractivity contribution is 0.0612. The van der Waals surface area contributed by atoms with Crippen LogP contribution >= 0.6 is 0 Å². The van der Waals surface area contributed by atoms with Crippen LogP contribution in [-0.2, 0) is 16.4 Å². The lowest BCUT2D eigenvalue weighted by Gasteiger charge is -2.28. The number of aryl methyl sites for hydroxylation is 2. The largest absolute Gasteiger partial charge is 0.304 e. The summed E-state index contributed by atoms with van der Waals surface area (Å²) in [5, 5.41) is 4.97. The van der Waals surface area contributed by atoms with Gasteiger partial charge >= 0.3 is 0 Å². The Labute approximate surface area is 216 Å². The van der Waals surface area contributed by atoms with Crippen LogP contribution in [0.1, 0.15) is 37.4 Å². The highest BCUT2D eigenvalue weighted by atomic mass is 32.2. The lowest BCUT2D eigenvalue weighted by Crippen LogP contribution is -2.44. The molecule has 4 aromatic rings. The molecule has 9 heteroatoms. The van der Waals surface area contributed by atoms with Crippen molar-refractivity contribution >= 4 is 32.7 Å². The first-order chi connectivity index (χ1) is 17.6. The molecule has 0 N–H and O–H groups in total. The fraction of sp³-hybridized carbons (Fsp3) is 0.250. The second-order valence-corrected chi connectivity index (χ2v) is 11.4. The molecule has 0 fully saturated rings. The van der Waals surface area contributed by atoms with Gasteiger partial charge in [0, 0.05) is 18.0 Å². The minimum absolute atomic E-state index is 0.135. The van der Waals surface area contributed by atoms with Crippen molar-refractivity contribution in [3.63, 3.8) is 0 Å². The molecular weight excluding hydrogens is 488 g/mol. The lowest BCUT2D eigenvalue weighted by atomic mass is 9.97. The second kappa shape index (κ2) is 9.24. The van der Waals surface area contributed by atoms with E-state index < -0.39 is 10.0 Å². The summed E-state index contributed by atoms with van der Waals surface area (Å²) < 4.78 is 27.6. The maximum absolute atomic E-state index is 13.3. The van der Waals surface area contributed by atoms with Crippen molar-refractivity contribution in [2.24, 2.45) is 0 Å². The highest BCUT2D eigenvalue weighted by molar-refractivity contribution is 7.90. The summed E-state index contributed by atoms with van der Waals surface area (Å²) in [5.74, 6) is -0.551. The smallest absolute Gasteiger partial charge is 0.283 e. The molecule has 37 heavy (non-hydrogen) atoms. The summed E-state index contributed by atoms with van der Waals surface area (Å²) in [4.78, 5) is 29.3. The van der Waals surface area contributed by atoms with Crippen LogP contribution in [0.15, 0.2) is 71.8 Å². The van der Waals surface area contributed by atoms with Crippen molar-refractivity contribution < 1.29 is 18.0 Å². The Kier molecular flexibility index (Phi) is 6.21. The van der Waals surface area contributed by atoms with Crippen LogP contribution in [0, 0.1) is 13.8 Å². The molecular formula is C28H28N4O4S. The molecule has 1 aliphatic rings. The number of carbonyl (C=O) groups excluding carboxylic acids is 2. The van der Waals surface area contributed by atoms with Crippen molar-refractivity contribution in [2.75, 3.05) is 20.6 Å². The van der Waals surface area contributed by atoms with Gasteiger partial charge in [0.05, 0.1) is 27.7 Å². The van der Waals surface area contributed by atoms with Crippen LogP contribution in [0.3, 0.4) is 0 Å². The third kappa shape index (κ3) is 4.24. The highest BCUT2D eigenvalue weighted by Gasteiger charge is 2.36. The fourth-order valence-corrected chi connectivity index (χ4v) is 6.03. The molecule has 8 nitrogen and oxygen atoms in total. The molecule has 0 saturated carbocycles. The van der Waals surface area contributed by atoms with Crippen LogP contribution < -0.4 is 0 Å². The van der Waals surface area contributed by atoms with E-state index in [0.717, 1.165) is 26.2 Å². The monoisotopic (exact) mass is 516 g/mol. The number of aromatic nitrogens is 2. The van der Waals surface area contributed by atoms with E-state index in [-0.39, 0.29) is 29.3 Å². The van der Waals surface area contributed by atoms with Gasteiger partial charge in [-0.2, -0.15) is 17.6 Å². The number of fused-ring (bicyclic) bond motifs is 2. The maximum Gasteiger partial charge on any atom is 0.283 e. The van der Waals surface area contributed by atoms with Crippen LogP contribution in [0.4, 0.5) is 0 Å². The van der Waals surface area contributed by atoms with Crippen LogP contribution in [-0.4, -0.2) is 65.9 Å². The van der Waals surface area contributed by atoms with E-state index in [1.54, 1.807) is 60.8 Å². The predicted molar refractivity (Wildman–Crippen MR) is 141 cm³/mol. The number of hydrogen-bond donors (Lipinski definition) is 0. The van der Waals surface area contributed by atoms with E-state index in [0.29, 0.717) is 23.1 Å². The normalized spacial score (nSPS) is 14.6. The molecule has 1 aromatic heterocycles. The van der Waals surface area contributed by atoms with Gasteiger partial charge in [-0.3, -0.25) is 14.5 Å². The standard InChI is InChI=1S/C28H28N4O4S/c1-18-9-12-22(13-10-18)37(35,36)32-26-14-11-20(19(2)25(26)16-29-32)15-21(30(3)4)17-31-27(33)23-7-5-6-8-24(23)28(31)34/h5-14,16,21H,15,17H2,1-4H3. The van der Waals surface area contributed by atoms with E-state index in [1.165, 1.54) is 4.90 Å². The van der Waals surface area contributed by atoms with Gasteiger partial charge in [-0.1, -0.05) is 35.9 Å². The molecule has 0 spiro atoms. The third-order valence-electron chi connectivity index (χ3n) is 7.11. The molecule has 190 valence electrons. The van der Waals surface area contributed by atoms with E-state index in [9.17, 15) is 18.0 Å². The zero-order valence-electron chi connectivity index (χ0n) is 21.2. The van der Waals surface area contributed by atoms with E-state index >= 15 is 0 Å². The molecule has 2 amide bonds. The Morgan fingerprint density at radius 2 is 1.51 bits per heavy atom. The summed E-state index contributed by atoms with van der Waals surface area (Å²) in [6.45, 7) is 4.09. The van der Waals surface area contributed by atoms with Gasteiger partial charge in [-0.05, 0) is 75.8 Å². The first-order valence-electron chi connectivity index (χ1n) is 12.0. The van der Waals surface area contributed by atoms with Crippen LogP contribution in [0.2, 0.25) is 0 Å². The van der Waals surface area contributed by atoms with Gasteiger partial charge in [0.15, 0.2) is 0 Å². The Hall–Kier alpha value is -3.82. The molecule has 3 aromatic carbocycles. The van der Waals surface area contributed by atoms with Crippen LogP contribution in [0.5, 0.6) is 0 Å². The summed E-state index contributed by atoms with van der Waals surface area (Å²) in [7, 11) is -0.00458. The quantitative estimate of drug-likeness (QED) is 0.348. The Morgan fingerprint density at radius 1 is 0.892 bits per heavy atom. The minimum Gasteiger partial charge on any atom is -0.304 e. The first kappa shape index (κ1) is 24.9. The number of hydrogen-bond acceptors (Lipinski definition) is 6. The number of rotatable bonds is 7. The maximum atomic E-state index is 13.3. The number of amides is 2. The fourth-order valence-electron chi connectivity index (χ4n) is 4.76. The van der Waals surface area contributed by atoms with E-state index in [2.05, 4.69) is 5.10 Å².